The van der Waals surface area contributed by atoms with Crippen LogP contribution in [-0.4, -0.2) is 74.3 Å². The molecular formula is C81H150N2O7P+. The molecule has 0 bridgehead atoms. The first-order valence-corrected chi connectivity index (χ1v) is 40.4. The highest BCUT2D eigenvalue weighted by Gasteiger charge is 2.30. The van der Waals surface area contributed by atoms with Gasteiger partial charge in [0.15, 0.2) is 0 Å². The van der Waals surface area contributed by atoms with Crippen LogP contribution in [0.15, 0.2) is 85.1 Å². The summed E-state index contributed by atoms with van der Waals surface area (Å²) in [5.41, 5.74) is 0. The van der Waals surface area contributed by atoms with Crippen molar-refractivity contribution in [2.75, 3.05) is 40.9 Å². The van der Waals surface area contributed by atoms with E-state index in [-0.39, 0.29) is 25.1 Å². The summed E-state index contributed by atoms with van der Waals surface area (Å²) in [4.78, 5) is 38.0. The predicted octanol–water partition coefficient (Wildman–Crippen LogP) is 25.2. The van der Waals surface area contributed by atoms with Gasteiger partial charge in [-0.25, -0.2) is 4.57 Å². The van der Waals surface area contributed by atoms with Crippen LogP contribution in [0.5, 0.6) is 0 Å². The van der Waals surface area contributed by atoms with E-state index in [9.17, 15) is 19.0 Å². The Morgan fingerprint density at radius 3 is 1.02 bits per heavy atom. The Hall–Kier alpha value is -2.81. The Bertz CT molecular complexity index is 1830. The number of nitrogens with zero attached hydrogens (tertiary/aromatic N) is 1. The quantitative estimate of drug-likeness (QED) is 0.0205. The molecule has 0 aromatic rings. The molecule has 0 aliphatic heterocycles. The summed E-state index contributed by atoms with van der Waals surface area (Å²) in [6, 6.07) is -0.854. The van der Waals surface area contributed by atoms with Crippen molar-refractivity contribution in [2.24, 2.45) is 0 Å². The van der Waals surface area contributed by atoms with Gasteiger partial charge in [-0.05, 0) is 109 Å². The lowest BCUT2D eigenvalue weighted by atomic mass is 10.0. The minimum atomic E-state index is -4.46. The molecule has 1 amide bonds. The molecule has 0 aromatic carbocycles. The van der Waals surface area contributed by atoms with Crippen molar-refractivity contribution < 1.29 is 37.3 Å². The number of unbranched alkanes of at least 4 members (excludes halogenated alkanes) is 43. The van der Waals surface area contributed by atoms with Crippen LogP contribution >= 0.6 is 7.82 Å². The molecule has 0 rings (SSSR count). The van der Waals surface area contributed by atoms with Crippen LogP contribution in [-0.2, 0) is 27.9 Å². The first kappa shape index (κ1) is 88.2. The number of esters is 1. The van der Waals surface area contributed by atoms with E-state index in [1.807, 2.05) is 33.3 Å². The van der Waals surface area contributed by atoms with Gasteiger partial charge in [0.25, 0.3) is 0 Å². The molecule has 9 nitrogen and oxygen atoms in total. The third-order valence-electron chi connectivity index (χ3n) is 17.3. The van der Waals surface area contributed by atoms with Crippen molar-refractivity contribution in [3.63, 3.8) is 0 Å². The number of phosphoric ester groups is 1. The van der Waals surface area contributed by atoms with Crippen molar-refractivity contribution in [1.29, 1.82) is 0 Å². The van der Waals surface area contributed by atoms with E-state index in [4.69, 9.17) is 13.8 Å². The second kappa shape index (κ2) is 70.0. The fraction of sp³-hybridized carbons (Fsp3) is 0.802. The smallest absolute Gasteiger partial charge is 0.456 e. The summed E-state index contributed by atoms with van der Waals surface area (Å²) < 4.78 is 30.9. The Kier molecular flexibility index (Phi) is 67.8. The molecule has 0 radical (unpaired) electrons. The van der Waals surface area contributed by atoms with Gasteiger partial charge in [-0.1, -0.05) is 331 Å². The summed E-state index contributed by atoms with van der Waals surface area (Å²) in [5, 5.41) is 3.08. The number of carbonyl (C=O) groups excluding carboxylic acids is 2. The third-order valence-corrected chi connectivity index (χ3v) is 18.3. The summed E-state index contributed by atoms with van der Waals surface area (Å²) >= 11 is 0. The zero-order valence-electron chi connectivity index (χ0n) is 60.8. The molecule has 0 heterocycles. The second-order valence-electron chi connectivity index (χ2n) is 27.5. The molecule has 3 unspecified atom stereocenters. The van der Waals surface area contributed by atoms with E-state index in [0.29, 0.717) is 23.9 Å². The summed E-state index contributed by atoms with van der Waals surface area (Å²) in [5.74, 6) is -0.497. The minimum absolute atomic E-state index is 0.0384. The molecule has 0 aliphatic carbocycles. The lowest BCUT2D eigenvalue weighted by Crippen LogP contribution is -2.47. The molecule has 0 spiro atoms. The molecule has 0 aliphatic rings. The summed E-state index contributed by atoms with van der Waals surface area (Å²) in [7, 11) is 1.50. The van der Waals surface area contributed by atoms with Crippen molar-refractivity contribution in [1.82, 2.24) is 5.32 Å². The van der Waals surface area contributed by atoms with Crippen molar-refractivity contribution in [3.05, 3.63) is 85.1 Å². The van der Waals surface area contributed by atoms with Crippen LogP contribution in [0.1, 0.15) is 367 Å². The normalized spacial score (nSPS) is 13.9. The zero-order valence-corrected chi connectivity index (χ0v) is 61.7. The number of hydrogen-bond donors (Lipinski definition) is 2. The van der Waals surface area contributed by atoms with Crippen molar-refractivity contribution in [3.8, 4) is 0 Å². The van der Waals surface area contributed by atoms with Crippen LogP contribution in [0.4, 0.5) is 0 Å². The molecule has 530 valence electrons. The monoisotopic (exact) mass is 1290 g/mol. The maximum atomic E-state index is 13.6. The van der Waals surface area contributed by atoms with Gasteiger partial charge in [-0.3, -0.25) is 18.6 Å². The van der Waals surface area contributed by atoms with E-state index >= 15 is 0 Å². The van der Waals surface area contributed by atoms with Crippen LogP contribution in [0.25, 0.3) is 0 Å². The molecule has 0 saturated carbocycles. The highest BCUT2D eigenvalue weighted by atomic mass is 31.2. The topological polar surface area (TPSA) is 111 Å². The maximum absolute atomic E-state index is 13.6. The van der Waals surface area contributed by atoms with Crippen molar-refractivity contribution >= 4 is 19.7 Å². The fourth-order valence-corrected chi connectivity index (χ4v) is 12.0. The van der Waals surface area contributed by atoms with E-state index in [0.717, 1.165) is 83.5 Å². The average molecular weight is 1300 g/mol. The zero-order chi connectivity index (χ0) is 66.3. The lowest BCUT2D eigenvalue weighted by molar-refractivity contribution is -0.870. The lowest BCUT2D eigenvalue weighted by Gasteiger charge is -2.27. The number of hydrogen-bond acceptors (Lipinski definition) is 6. The number of nitrogens with one attached hydrogen (secondary N) is 1. The first-order chi connectivity index (χ1) is 44.4. The maximum Gasteiger partial charge on any atom is 0.472 e. The van der Waals surface area contributed by atoms with Gasteiger partial charge in [-0.15, -0.1) is 0 Å². The van der Waals surface area contributed by atoms with Crippen LogP contribution in [0, 0.1) is 0 Å². The van der Waals surface area contributed by atoms with E-state index in [1.54, 1.807) is 0 Å². The first-order valence-electron chi connectivity index (χ1n) is 38.9. The van der Waals surface area contributed by atoms with Crippen molar-refractivity contribution in [2.45, 2.75) is 380 Å². The molecular weight excluding hydrogens is 1140 g/mol. The summed E-state index contributed by atoms with van der Waals surface area (Å²) in [6.45, 7) is 7.00. The van der Waals surface area contributed by atoms with Crippen LogP contribution in [0.3, 0.4) is 0 Å². The number of rotatable bonds is 71. The standard InChI is InChI=1S/C81H149N2O7P/c1-7-10-13-16-19-22-25-27-29-31-33-35-37-39-41-43-45-47-49-51-53-55-58-61-64-67-70-73-80(84)82-78(77-89-91(86,87)88-76-75-83(4,5)6)79(72-69-66-63-60-57-24-21-18-15-12-9-3)90-81(85)74-71-68-65-62-59-56-54-52-50-48-46-44-42-40-38-36-34-32-30-28-26-23-20-17-14-11-8-2/h19-20,22-23,27-30,33,35,39,41,69,72,78-79H,7-18,21,24-26,31-32,34,36-38,40,42-68,70-71,73-77H2,1-6H3,(H-,82,84,86,87)/p+1/b22-19-,23-20-,29-27-,30-28-,35-33-,41-39-,72-69+. The van der Waals surface area contributed by atoms with Gasteiger partial charge in [0.2, 0.25) is 5.91 Å². The Labute approximate surface area is 565 Å². The van der Waals surface area contributed by atoms with Gasteiger partial charge in [0.1, 0.15) is 19.3 Å². The highest BCUT2D eigenvalue weighted by molar-refractivity contribution is 7.47. The minimum Gasteiger partial charge on any atom is -0.456 e. The molecule has 3 atom stereocenters. The largest absolute Gasteiger partial charge is 0.472 e. The number of carbonyl (C=O) groups is 2. The molecule has 91 heavy (non-hydrogen) atoms. The molecule has 0 aromatic heterocycles. The third kappa shape index (κ3) is 71.3. The number of phosphoric acid groups is 1. The average Bonchev–Trinajstić information content (AvgIpc) is 3.08. The van der Waals surface area contributed by atoms with E-state index < -0.39 is 20.0 Å². The Balaban J connectivity index is 4.90. The number of quaternary nitrogens is 1. The fourth-order valence-electron chi connectivity index (χ4n) is 11.3. The molecule has 2 N–H and O–H groups in total. The Morgan fingerprint density at radius 1 is 0.385 bits per heavy atom. The summed E-state index contributed by atoms with van der Waals surface area (Å²) in [6.07, 6.45) is 94.7. The van der Waals surface area contributed by atoms with Crippen LogP contribution < -0.4 is 5.32 Å². The van der Waals surface area contributed by atoms with Crippen LogP contribution in [0.2, 0.25) is 0 Å². The number of allylic oxidation sites excluding steroid dienone is 13. The van der Waals surface area contributed by atoms with Gasteiger partial charge in [-0.2, -0.15) is 0 Å². The number of amides is 1. The van der Waals surface area contributed by atoms with Gasteiger partial charge in [0, 0.05) is 12.8 Å². The highest BCUT2D eigenvalue weighted by Crippen LogP contribution is 2.43. The van der Waals surface area contributed by atoms with Gasteiger partial charge < -0.3 is 19.4 Å². The second-order valence-corrected chi connectivity index (χ2v) is 29.0. The van der Waals surface area contributed by atoms with Gasteiger partial charge in [0.05, 0.1) is 33.8 Å². The van der Waals surface area contributed by atoms with Gasteiger partial charge >= 0.3 is 13.8 Å². The molecule has 0 fully saturated rings. The predicted molar refractivity (Wildman–Crippen MR) is 397 cm³/mol. The number of ether oxygens (including phenoxy) is 1. The van der Waals surface area contributed by atoms with E-state index in [2.05, 4.69) is 99.0 Å². The molecule has 10 heteroatoms. The molecule has 0 saturated heterocycles. The van der Waals surface area contributed by atoms with E-state index in [1.165, 1.54) is 250 Å². The SMILES string of the molecule is CCCCC/C=C\C/C=C\C/C=C\C/C=C\CCCCCCCCCCCCCC(=O)NC(COP(=O)(O)OCC[N+](C)(C)C)C(/C=C/CCCCCCCCCCC)OC(=O)CCCCCCCCCCCCCCCCCCC/C=C\C/C=C\CCCCC. The number of likely N-dealkylation sites (N-methyl/N-ethyl adjacent to an activating group) is 1. The Morgan fingerprint density at radius 2 is 0.670 bits per heavy atom.